The molecule has 0 spiro atoms. The minimum atomic E-state index is -0.710. The molecule has 0 aromatic heterocycles. The summed E-state index contributed by atoms with van der Waals surface area (Å²) in [6, 6.07) is 5.61. The van der Waals surface area contributed by atoms with Gasteiger partial charge in [-0.15, -0.1) is 0 Å². The zero-order chi connectivity index (χ0) is 14.8. The van der Waals surface area contributed by atoms with Crippen molar-refractivity contribution < 1.29 is 10.0 Å². The van der Waals surface area contributed by atoms with E-state index in [0.29, 0.717) is 18.4 Å². The molecule has 0 saturated heterocycles. The quantitative estimate of drug-likeness (QED) is 0.245. The first kappa shape index (κ1) is 15.1. The highest BCUT2D eigenvalue weighted by Crippen LogP contribution is 2.30. The highest BCUT2D eigenvalue weighted by molar-refractivity contribution is 14.1. The second-order valence-electron chi connectivity index (χ2n) is 5.17. The Balaban J connectivity index is 2.28. The van der Waals surface area contributed by atoms with Crippen molar-refractivity contribution in [1.82, 2.24) is 5.32 Å². The highest BCUT2D eigenvalue weighted by Gasteiger charge is 2.40. The molecule has 20 heavy (non-hydrogen) atoms. The van der Waals surface area contributed by atoms with Crippen LogP contribution in [0.4, 0.5) is 0 Å². The first-order valence-electron chi connectivity index (χ1n) is 6.56. The van der Waals surface area contributed by atoms with E-state index in [1.165, 1.54) is 0 Å². The van der Waals surface area contributed by atoms with Gasteiger partial charge in [0.1, 0.15) is 5.54 Å². The number of amidine groups is 1. The summed E-state index contributed by atoms with van der Waals surface area (Å²) in [5.41, 5.74) is 6.77. The van der Waals surface area contributed by atoms with Gasteiger partial charge in [-0.05, 0) is 54.0 Å². The zero-order valence-electron chi connectivity index (χ0n) is 11.3. The van der Waals surface area contributed by atoms with Gasteiger partial charge in [-0.25, -0.2) is 0 Å². The fourth-order valence-corrected chi connectivity index (χ4v) is 3.23. The van der Waals surface area contributed by atoms with Crippen molar-refractivity contribution in [3.8, 4) is 0 Å². The van der Waals surface area contributed by atoms with Crippen LogP contribution in [0.3, 0.4) is 0 Å². The van der Waals surface area contributed by atoms with E-state index < -0.39 is 5.54 Å². The number of nitrogens with zero attached hydrogens (tertiary/aromatic N) is 1. The number of hydrogen-bond acceptors (Lipinski definition) is 3. The minimum Gasteiger partial charge on any atom is -0.409 e. The average molecular weight is 387 g/mol. The maximum absolute atomic E-state index is 12.5. The Hall–Kier alpha value is -1.31. The van der Waals surface area contributed by atoms with Gasteiger partial charge in [-0.2, -0.15) is 0 Å². The van der Waals surface area contributed by atoms with Gasteiger partial charge in [-0.1, -0.05) is 30.1 Å². The molecule has 0 atom stereocenters. The van der Waals surface area contributed by atoms with Crippen LogP contribution in [-0.2, 0) is 0 Å². The standard InChI is InChI=1S/C14H18IN3O2/c1-9-5-4-6-10(11(9)15)12(19)17-14(13(16)18-20)7-2-3-8-14/h4-6,20H,2-3,7-8H2,1H3,(H2,16,18)(H,17,19). The number of carbonyl (C=O) groups excluding carboxylic acids is 1. The van der Waals surface area contributed by atoms with Crippen LogP contribution in [0.5, 0.6) is 0 Å². The lowest BCUT2D eigenvalue weighted by atomic mass is 9.95. The topological polar surface area (TPSA) is 87.7 Å². The summed E-state index contributed by atoms with van der Waals surface area (Å²) in [7, 11) is 0. The van der Waals surface area contributed by atoms with Crippen LogP contribution in [0.15, 0.2) is 23.4 Å². The molecule has 4 N–H and O–H groups in total. The van der Waals surface area contributed by atoms with E-state index in [9.17, 15) is 4.79 Å². The number of halogens is 1. The molecule has 6 heteroatoms. The summed E-state index contributed by atoms with van der Waals surface area (Å²) in [5.74, 6) is -0.0855. The number of rotatable bonds is 3. The molecular formula is C14H18IN3O2. The number of carbonyl (C=O) groups is 1. The molecule has 0 heterocycles. The molecule has 0 aliphatic heterocycles. The smallest absolute Gasteiger partial charge is 0.253 e. The van der Waals surface area contributed by atoms with Crippen molar-refractivity contribution in [2.24, 2.45) is 10.9 Å². The van der Waals surface area contributed by atoms with Crippen molar-refractivity contribution in [3.05, 3.63) is 32.9 Å². The van der Waals surface area contributed by atoms with Crippen LogP contribution in [0, 0.1) is 10.5 Å². The number of amides is 1. The Kier molecular flexibility index (Phi) is 4.52. The Morgan fingerprint density at radius 1 is 1.45 bits per heavy atom. The van der Waals surface area contributed by atoms with Gasteiger partial charge >= 0.3 is 0 Å². The van der Waals surface area contributed by atoms with Gasteiger partial charge in [0.2, 0.25) is 0 Å². The molecule has 1 saturated carbocycles. The van der Waals surface area contributed by atoms with Gasteiger partial charge in [0.25, 0.3) is 5.91 Å². The van der Waals surface area contributed by atoms with Crippen LogP contribution in [0.2, 0.25) is 0 Å². The molecule has 1 fully saturated rings. The Morgan fingerprint density at radius 2 is 2.10 bits per heavy atom. The number of aryl methyl sites for hydroxylation is 1. The van der Waals surface area contributed by atoms with Crippen LogP contribution >= 0.6 is 22.6 Å². The van der Waals surface area contributed by atoms with E-state index in [1.807, 2.05) is 19.1 Å². The number of benzene rings is 1. The van der Waals surface area contributed by atoms with E-state index >= 15 is 0 Å². The monoisotopic (exact) mass is 387 g/mol. The lowest BCUT2D eigenvalue weighted by Crippen LogP contribution is -2.55. The van der Waals surface area contributed by atoms with Gasteiger partial charge < -0.3 is 16.3 Å². The number of nitrogens with one attached hydrogen (secondary N) is 1. The van der Waals surface area contributed by atoms with Crippen molar-refractivity contribution in [2.75, 3.05) is 0 Å². The number of oxime groups is 1. The second kappa shape index (κ2) is 5.99. The third-order valence-corrected chi connectivity index (χ3v) is 5.28. The molecule has 5 nitrogen and oxygen atoms in total. The van der Waals surface area contributed by atoms with E-state index in [4.69, 9.17) is 10.9 Å². The average Bonchev–Trinajstić information content (AvgIpc) is 2.90. The number of hydrogen-bond donors (Lipinski definition) is 3. The lowest BCUT2D eigenvalue weighted by Gasteiger charge is -2.29. The van der Waals surface area contributed by atoms with E-state index in [1.54, 1.807) is 6.07 Å². The summed E-state index contributed by atoms with van der Waals surface area (Å²) < 4.78 is 0.926. The SMILES string of the molecule is Cc1cccc(C(=O)NC2(/C(N)=N/O)CCCC2)c1I. The first-order chi connectivity index (χ1) is 9.50. The highest BCUT2D eigenvalue weighted by atomic mass is 127. The van der Waals surface area contributed by atoms with Crippen LogP contribution in [0.25, 0.3) is 0 Å². The van der Waals surface area contributed by atoms with E-state index in [2.05, 4.69) is 33.1 Å². The van der Waals surface area contributed by atoms with Crippen LogP contribution in [-0.4, -0.2) is 22.5 Å². The van der Waals surface area contributed by atoms with Crippen molar-refractivity contribution in [2.45, 2.75) is 38.1 Å². The second-order valence-corrected chi connectivity index (χ2v) is 6.24. The normalized spacial score (nSPS) is 18.0. The number of nitrogens with two attached hydrogens (primary N) is 1. The van der Waals surface area contributed by atoms with Gasteiger partial charge in [0, 0.05) is 3.57 Å². The molecule has 0 radical (unpaired) electrons. The van der Waals surface area contributed by atoms with Crippen LogP contribution < -0.4 is 11.1 Å². The summed E-state index contributed by atoms with van der Waals surface area (Å²) in [6.45, 7) is 1.97. The van der Waals surface area contributed by atoms with Crippen LogP contribution in [0.1, 0.15) is 41.6 Å². The van der Waals surface area contributed by atoms with Crippen molar-refractivity contribution in [1.29, 1.82) is 0 Å². The molecule has 1 amide bonds. The molecule has 108 valence electrons. The first-order valence-corrected chi connectivity index (χ1v) is 7.64. The molecule has 0 bridgehead atoms. The summed E-state index contributed by atoms with van der Waals surface area (Å²) in [5, 5.41) is 15.0. The third-order valence-electron chi connectivity index (χ3n) is 3.84. The molecule has 1 aliphatic rings. The molecular weight excluding hydrogens is 369 g/mol. The van der Waals surface area contributed by atoms with Crippen molar-refractivity contribution in [3.63, 3.8) is 0 Å². The predicted molar refractivity (Wildman–Crippen MR) is 86.0 cm³/mol. The Morgan fingerprint density at radius 3 is 2.70 bits per heavy atom. The lowest BCUT2D eigenvalue weighted by molar-refractivity contribution is 0.0921. The Labute approximate surface area is 131 Å². The Bertz CT molecular complexity index is 551. The molecule has 1 aromatic carbocycles. The van der Waals surface area contributed by atoms with E-state index in [0.717, 1.165) is 22.0 Å². The van der Waals surface area contributed by atoms with Crippen molar-refractivity contribution >= 4 is 34.3 Å². The summed E-state index contributed by atoms with van der Waals surface area (Å²) >= 11 is 2.17. The molecule has 1 aromatic rings. The summed E-state index contributed by atoms with van der Waals surface area (Å²) in [4.78, 5) is 12.5. The molecule has 0 unspecified atom stereocenters. The fraction of sp³-hybridized carbons (Fsp3) is 0.429. The predicted octanol–water partition coefficient (Wildman–Crippen LogP) is 2.39. The fourth-order valence-electron chi connectivity index (χ4n) is 2.63. The summed E-state index contributed by atoms with van der Waals surface area (Å²) in [6.07, 6.45) is 3.33. The van der Waals surface area contributed by atoms with E-state index in [-0.39, 0.29) is 11.7 Å². The van der Waals surface area contributed by atoms with Gasteiger partial charge in [-0.3, -0.25) is 4.79 Å². The van der Waals surface area contributed by atoms with Gasteiger partial charge in [0.15, 0.2) is 5.84 Å². The largest absolute Gasteiger partial charge is 0.409 e. The maximum Gasteiger partial charge on any atom is 0.253 e. The maximum atomic E-state index is 12.5. The molecule has 1 aliphatic carbocycles. The van der Waals surface area contributed by atoms with Gasteiger partial charge in [0.05, 0.1) is 5.56 Å². The zero-order valence-corrected chi connectivity index (χ0v) is 13.5. The molecule has 2 rings (SSSR count). The third kappa shape index (κ3) is 2.74. The minimum absolute atomic E-state index is 0.0889.